The van der Waals surface area contributed by atoms with Crippen LogP contribution < -0.4 is 5.32 Å². The molecule has 0 radical (unpaired) electrons. The number of pyridine rings is 1. The third-order valence-corrected chi connectivity index (χ3v) is 4.13. The first-order valence-electron chi connectivity index (χ1n) is 8.15. The van der Waals surface area contributed by atoms with Gasteiger partial charge in [0.25, 0.3) is 0 Å². The molecule has 1 N–H and O–H groups in total. The van der Waals surface area contributed by atoms with Gasteiger partial charge in [-0.3, -0.25) is 9.78 Å². The Morgan fingerprint density at radius 1 is 1.29 bits per heavy atom. The van der Waals surface area contributed by atoms with Crippen LogP contribution in [0.5, 0.6) is 0 Å². The lowest BCUT2D eigenvalue weighted by molar-refractivity contribution is -0.127. The lowest BCUT2D eigenvalue weighted by Gasteiger charge is -2.31. The van der Waals surface area contributed by atoms with Gasteiger partial charge in [0, 0.05) is 19.3 Å². The van der Waals surface area contributed by atoms with E-state index in [1.54, 1.807) is 18.6 Å². The fourth-order valence-electron chi connectivity index (χ4n) is 2.95. The highest BCUT2D eigenvalue weighted by atomic mass is 16.2. The predicted molar refractivity (Wildman–Crippen MR) is 92.8 cm³/mol. The SMILES string of the molecule is C=CC(=O)N1CCCC(Cc2cnc(Nc3ccccn3)cn2)C1. The molecule has 0 spiro atoms. The predicted octanol–water partition coefficient (Wildman–Crippen LogP) is 2.58. The lowest BCUT2D eigenvalue weighted by Crippen LogP contribution is -2.39. The van der Waals surface area contributed by atoms with E-state index in [0.29, 0.717) is 11.7 Å². The van der Waals surface area contributed by atoms with Crippen molar-refractivity contribution in [1.29, 1.82) is 0 Å². The number of likely N-dealkylation sites (tertiary alicyclic amines) is 1. The van der Waals surface area contributed by atoms with Gasteiger partial charge in [-0.05, 0) is 43.4 Å². The van der Waals surface area contributed by atoms with Crippen LogP contribution in [0.15, 0.2) is 49.4 Å². The molecule has 0 bridgehead atoms. The number of nitrogens with one attached hydrogen (secondary N) is 1. The normalized spacial score (nSPS) is 17.3. The van der Waals surface area contributed by atoms with E-state index < -0.39 is 0 Å². The molecule has 1 saturated heterocycles. The molecule has 3 rings (SSSR count). The fourth-order valence-corrected chi connectivity index (χ4v) is 2.95. The van der Waals surface area contributed by atoms with Gasteiger partial charge in [-0.25, -0.2) is 9.97 Å². The summed E-state index contributed by atoms with van der Waals surface area (Å²) in [5.41, 5.74) is 0.944. The van der Waals surface area contributed by atoms with Crippen LogP contribution in [0.25, 0.3) is 0 Å². The summed E-state index contributed by atoms with van der Waals surface area (Å²) in [6.45, 7) is 5.15. The molecule has 6 heteroatoms. The molecule has 124 valence electrons. The maximum Gasteiger partial charge on any atom is 0.245 e. The molecule has 0 aliphatic carbocycles. The number of hydrogen-bond donors (Lipinski definition) is 1. The Morgan fingerprint density at radius 2 is 2.21 bits per heavy atom. The standard InChI is InChI=1S/C18H21N5O/c1-2-18(24)23-9-5-6-14(13-23)10-15-11-21-17(12-20-15)22-16-7-3-4-8-19-16/h2-4,7-8,11-12,14H,1,5-6,9-10,13H2,(H,19,21,22). The molecule has 2 aromatic heterocycles. The highest BCUT2D eigenvalue weighted by Crippen LogP contribution is 2.20. The molecule has 6 nitrogen and oxygen atoms in total. The zero-order valence-electron chi connectivity index (χ0n) is 13.6. The first kappa shape index (κ1) is 16.1. The first-order valence-corrected chi connectivity index (χ1v) is 8.15. The minimum Gasteiger partial charge on any atom is -0.339 e. The van der Waals surface area contributed by atoms with Gasteiger partial charge in [-0.2, -0.15) is 0 Å². The summed E-state index contributed by atoms with van der Waals surface area (Å²) in [7, 11) is 0. The number of carbonyl (C=O) groups excluding carboxylic acids is 1. The van der Waals surface area contributed by atoms with Gasteiger partial charge in [-0.15, -0.1) is 0 Å². The van der Waals surface area contributed by atoms with Crippen molar-refractivity contribution < 1.29 is 4.79 Å². The Kier molecular flexibility index (Phi) is 5.15. The van der Waals surface area contributed by atoms with Crippen molar-refractivity contribution in [1.82, 2.24) is 19.9 Å². The number of piperidine rings is 1. The topological polar surface area (TPSA) is 71.0 Å². The zero-order chi connectivity index (χ0) is 16.8. The van der Waals surface area contributed by atoms with Gasteiger partial charge < -0.3 is 10.2 Å². The second-order valence-corrected chi connectivity index (χ2v) is 5.93. The van der Waals surface area contributed by atoms with Gasteiger partial charge in [-0.1, -0.05) is 12.6 Å². The maximum atomic E-state index is 11.7. The molecular formula is C18H21N5O. The van der Waals surface area contributed by atoms with Crippen LogP contribution in [0.3, 0.4) is 0 Å². The Hall–Kier alpha value is -2.76. The van der Waals surface area contributed by atoms with E-state index in [2.05, 4.69) is 26.8 Å². The molecule has 24 heavy (non-hydrogen) atoms. The molecule has 1 aliphatic heterocycles. The largest absolute Gasteiger partial charge is 0.339 e. The van der Waals surface area contributed by atoms with Crippen molar-refractivity contribution in [2.75, 3.05) is 18.4 Å². The first-order chi connectivity index (χ1) is 11.7. The molecule has 0 aromatic carbocycles. The van der Waals surface area contributed by atoms with Gasteiger partial charge in [0.1, 0.15) is 11.6 Å². The second kappa shape index (κ2) is 7.68. The number of anilines is 2. The van der Waals surface area contributed by atoms with Crippen LogP contribution in [-0.4, -0.2) is 38.8 Å². The molecule has 1 aliphatic rings. The van der Waals surface area contributed by atoms with E-state index in [1.807, 2.05) is 23.1 Å². The van der Waals surface area contributed by atoms with E-state index in [4.69, 9.17) is 0 Å². The van der Waals surface area contributed by atoms with Gasteiger partial charge in [0.2, 0.25) is 5.91 Å². The lowest BCUT2D eigenvalue weighted by atomic mass is 9.93. The van der Waals surface area contributed by atoms with E-state index in [0.717, 1.165) is 43.9 Å². The maximum absolute atomic E-state index is 11.7. The van der Waals surface area contributed by atoms with Gasteiger partial charge >= 0.3 is 0 Å². The van der Waals surface area contributed by atoms with Crippen LogP contribution in [0, 0.1) is 5.92 Å². The summed E-state index contributed by atoms with van der Waals surface area (Å²) in [6.07, 6.45) is 9.59. The van der Waals surface area contributed by atoms with Crippen molar-refractivity contribution in [2.45, 2.75) is 19.3 Å². The molecule has 0 saturated carbocycles. The summed E-state index contributed by atoms with van der Waals surface area (Å²) >= 11 is 0. The quantitative estimate of drug-likeness (QED) is 0.856. The molecular weight excluding hydrogens is 302 g/mol. The Bertz CT molecular complexity index is 686. The molecule has 1 atom stereocenters. The monoisotopic (exact) mass is 323 g/mol. The third kappa shape index (κ3) is 4.16. The smallest absolute Gasteiger partial charge is 0.245 e. The number of hydrogen-bond acceptors (Lipinski definition) is 5. The highest BCUT2D eigenvalue weighted by Gasteiger charge is 2.22. The van der Waals surface area contributed by atoms with E-state index >= 15 is 0 Å². The van der Waals surface area contributed by atoms with Crippen molar-refractivity contribution >= 4 is 17.5 Å². The minimum atomic E-state index is 0.0145. The van der Waals surface area contributed by atoms with Crippen molar-refractivity contribution in [2.24, 2.45) is 5.92 Å². The number of nitrogens with zero attached hydrogens (tertiary/aromatic N) is 4. The molecule has 1 unspecified atom stereocenters. The highest BCUT2D eigenvalue weighted by molar-refractivity contribution is 5.87. The summed E-state index contributed by atoms with van der Waals surface area (Å²) in [5.74, 6) is 1.85. The zero-order valence-corrected chi connectivity index (χ0v) is 13.6. The summed E-state index contributed by atoms with van der Waals surface area (Å²) in [5, 5.41) is 3.12. The Balaban J connectivity index is 1.58. The Labute approximate surface area is 141 Å². The van der Waals surface area contributed by atoms with Gasteiger partial charge in [0.15, 0.2) is 0 Å². The second-order valence-electron chi connectivity index (χ2n) is 5.93. The van der Waals surface area contributed by atoms with E-state index in [1.165, 1.54) is 6.08 Å². The van der Waals surface area contributed by atoms with Crippen LogP contribution in [0.4, 0.5) is 11.6 Å². The molecule has 1 fully saturated rings. The van der Waals surface area contributed by atoms with Crippen LogP contribution in [-0.2, 0) is 11.2 Å². The minimum absolute atomic E-state index is 0.0145. The van der Waals surface area contributed by atoms with Gasteiger partial charge in [0.05, 0.1) is 18.1 Å². The number of rotatable bonds is 5. The Morgan fingerprint density at radius 3 is 2.92 bits per heavy atom. The van der Waals surface area contributed by atoms with Crippen LogP contribution in [0.2, 0.25) is 0 Å². The van der Waals surface area contributed by atoms with Crippen molar-refractivity contribution in [3.63, 3.8) is 0 Å². The average Bonchev–Trinajstić information content (AvgIpc) is 2.64. The molecule has 1 amide bonds. The number of aromatic nitrogens is 3. The fraction of sp³-hybridized carbons (Fsp3) is 0.333. The van der Waals surface area contributed by atoms with E-state index in [9.17, 15) is 4.79 Å². The van der Waals surface area contributed by atoms with Crippen LogP contribution >= 0.6 is 0 Å². The average molecular weight is 323 g/mol. The van der Waals surface area contributed by atoms with Crippen molar-refractivity contribution in [3.8, 4) is 0 Å². The van der Waals surface area contributed by atoms with E-state index in [-0.39, 0.29) is 5.91 Å². The summed E-state index contributed by atoms with van der Waals surface area (Å²) < 4.78 is 0. The number of carbonyl (C=O) groups is 1. The van der Waals surface area contributed by atoms with Crippen molar-refractivity contribution in [3.05, 3.63) is 55.1 Å². The molecule has 3 heterocycles. The number of amides is 1. The summed E-state index contributed by atoms with van der Waals surface area (Å²) in [4.78, 5) is 26.7. The summed E-state index contributed by atoms with van der Waals surface area (Å²) in [6, 6.07) is 5.66. The third-order valence-electron chi connectivity index (χ3n) is 4.13. The molecule has 2 aromatic rings. The van der Waals surface area contributed by atoms with Crippen LogP contribution in [0.1, 0.15) is 18.5 Å².